The lowest BCUT2D eigenvalue weighted by molar-refractivity contribution is -0.135. The van der Waals surface area contributed by atoms with Crippen molar-refractivity contribution in [1.82, 2.24) is 10.2 Å². The second kappa shape index (κ2) is 5.53. The molecule has 84 valence electrons. The molecule has 0 spiro atoms. The quantitative estimate of drug-likeness (QED) is 0.773. The van der Waals surface area contributed by atoms with Gasteiger partial charge in [-0.3, -0.25) is 0 Å². The highest BCUT2D eigenvalue weighted by Crippen LogP contribution is 2.21. The summed E-state index contributed by atoms with van der Waals surface area (Å²) in [7, 11) is 0. The maximum Gasteiger partial charge on any atom is 0.389 e. The first-order valence-corrected chi connectivity index (χ1v) is 4.66. The van der Waals surface area contributed by atoms with Gasteiger partial charge >= 0.3 is 6.18 Å². The van der Waals surface area contributed by atoms with E-state index < -0.39 is 12.6 Å². The van der Waals surface area contributed by atoms with Crippen LogP contribution in [0.25, 0.3) is 0 Å². The van der Waals surface area contributed by atoms with Gasteiger partial charge in [-0.05, 0) is 25.0 Å². The Hall–Kier alpha value is -1.33. The molecule has 15 heavy (non-hydrogen) atoms. The molecule has 3 nitrogen and oxygen atoms in total. The minimum absolute atomic E-state index is 0.136. The molecule has 6 heteroatoms. The second-order valence-corrected chi connectivity index (χ2v) is 3.11. The summed E-state index contributed by atoms with van der Waals surface area (Å²) in [5.41, 5.74) is 0. The van der Waals surface area contributed by atoms with Crippen LogP contribution in [0.1, 0.15) is 19.3 Å². The Balaban J connectivity index is 2.08. The van der Waals surface area contributed by atoms with Crippen molar-refractivity contribution in [2.24, 2.45) is 0 Å². The normalized spacial score (nSPS) is 11.4. The van der Waals surface area contributed by atoms with Crippen molar-refractivity contribution in [1.29, 1.82) is 0 Å². The smallest absolute Gasteiger partial charge is 0.369 e. The van der Waals surface area contributed by atoms with E-state index in [0.29, 0.717) is 18.8 Å². The van der Waals surface area contributed by atoms with Crippen LogP contribution in [0.2, 0.25) is 0 Å². The summed E-state index contributed by atoms with van der Waals surface area (Å²) in [4.78, 5) is 0. The molecule has 0 fully saturated rings. The predicted octanol–water partition coefficient (Wildman–Crippen LogP) is 2.62. The minimum atomic E-state index is -4.05. The van der Waals surface area contributed by atoms with Gasteiger partial charge in [-0.1, -0.05) is 0 Å². The van der Waals surface area contributed by atoms with Crippen molar-refractivity contribution in [2.45, 2.75) is 25.4 Å². The number of halogens is 3. The van der Waals surface area contributed by atoms with Crippen LogP contribution in [-0.4, -0.2) is 22.9 Å². The lowest BCUT2D eigenvalue weighted by Crippen LogP contribution is -2.09. The third-order valence-corrected chi connectivity index (χ3v) is 1.77. The molecule has 0 bridgehead atoms. The number of alkyl halides is 3. The molecule has 0 saturated heterocycles. The molecule has 0 unspecified atom stereocenters. The number of hydrogen-bond donors (Lipinski definition) is 1. The number of unbranched alkanes of at least 4 members (excludes halogenated alkanes) is 1. The summed E-state index contributed by atoms with van der Waals surface area (Å²) >= 11 is 0. The van der Waals surface area contributed by atoms with Gasteiger partial charge in [-0.2, -0.15) is 18.3 Å². The molecule has 0 saturated carbocycles. The molecule has 1 rings (SSSR count). The fourth-order valence-corrected chi connectivity index (χ4v) is 1.06. The summed E-state index contributed by atoms with van der Waals surface area (Å²) in [5.74, 6) is 0.588. The van der Waals surface area contributed by atoms with Crippen LogP contribution in [0.4, 0.5) is 19.0 Å². The van der Waals surface area contributed by atoms with Crippen LogP contribution in [0.3, 0.4) is 0 Å². The first kappa shape index (κ1) is 11.7. The Morgan fingerprint density at radius 1 is 1.27 bits per heavy atom. The summed E-state index contributed by atoms with van der Waals surface area (Å²) < 4.78 is 35.3. The molecule has 0 amide bonds. The zero-order chi connectivity index (χ0) is 11.1. The molecule has 1 heterocycles. The first-order chi connectivity index (χ1) is 7.08. The summed E-state index contributed by atoms with van der Waals surface area (Å²) in [6.07, 6.45) is -2.64. The topological polar surface area (TPSA) is 37.8 Å². The highest BCUT2D eigenvalue weighted by atomic mass is 19.4. The molecule has 1 aromatic rings. The molecule has 1 N–H and O–H groups in total. The largest absolute Gasteiger partial charge is 0.389 e. The van der Waals surface area contributed by atoms with E-state index in [0.717, 1.165) is 0 Å². The van der Waals surface area contributed by atoms with E-state index in [-0.39, 0.29) is 6.42 Å². The lowest BCUT2D eigenvalue weighted by atomic mass is 10.2. The van der Waals surface area contributed by atoms with Crippen LogP contribution in [0.15, 0.2) is 18.3 Å². The summed E-state index contributed by atoms with van der Waals surface area (Å²) in [6, 6.07) is 3.43. The van der Waals surface area contributed by atoms with E-state index in [1.54, 1.807) is 12.1 Å². The van der Waals surface area contributed by atoms with Gasteiger partial charge in [-0.25, -0.2) is 0 Å². The van der Waals surface area contributed by atoms with Crippen molar-refractivity contribution in [3.8, 4) is 0 Å². The fourth-order valence-electron chi connectivity index (χ4n) is 1.06. The van der Waals surface area contributed by atoms with E-state index >= 15 is 0 Å². The first-order valence-electron chi connectivity index (χ1n) is 4.66. The molecule has 0 aliphatic rings. The molecular formula is C9H12F3N3. The van der Waals surface area contributed by atoms with Crippen LogP contribution in [0.5, 0.6) is 0 Å². The highest BCUT2D eigenvalue weighted by Gasteiger charge is 2.25. The number of anilines is 1. The molecule has 0 atom stereocenters. The SMILES string of the molecule is FC(F)(F)CCCCNc1cccnn1. The number of hydrogen-bond acceptors (Lipinski definition) is 3. The summed E-state index contributed by atoms with van der Waals surface area (Å²) in [5, 5.41) is 10.3. The van der Waals surface area contributed by atoms with E-state index in [1.165, 1.54) is 6.20 Å². The van der Waals surface area contributed by atoms with Crippen molar-refractivity contribution in [2.75, 3.05) is 11.9 Å². The third-order valence-electron chi connectivity index (χ3n) is 1.77. The van der Waals surface area contributed by atoms with Gasteiger partial charge < -0.3 is 5.32 Å². The predicted molar refractivity (Wildman–Crippen MR) is 50.4 cm³/mol. The highest BCUT2D eigenvalue weighted by molar-refractivity contribution is 5.30. The van der Waals surface area contributed by atoms with Gasteiger partial charge in [0.1, 0.15) is 5.82 Å². The van der Waals surface area contributed by atoms with E-state index in [1.807, 2.05) is 0 Å². The van der Waals surface area contributed by atoms with Crippen molar-refractivity contribution in [3.63, 3.8) is 0 Å². The Labute approximate surface area is 85.7 Å². The fraction of sp³-hybridized carbons (Fsp3) is 0.556. The van der Waals surface area contributed by atoms with Gasteiger partial charge in [0, 0.05) is 19.2 Å². The average Bonchev–Trinajstić information content (AvgIpc) is 2.17. The standard InChI is InChI=1S/C9H12F3N3/c10-9(11,12)5-1-2-6-13-8-4-3-7-14-15-8/h3-4,7H,1-2,5-6H2,(H,13,15). The van der Waals surface area contributed by atoms with Crippen LogP contribution in [-0.2, 0) is 0 Å². The van der Waals surface area contributed by atoms with E-state index in [4.69, 9.17) is 0 Å². The molecule has 0 aliphatic carbocycles. The van der Waals surface area contributed by atoms with Gasteiger partial charge in [0.05, 0.1) is 0 Å². The average molecular weight is 219 g/mol. The molecule has 0 radical (unpaired) electrons. The number of rotatable bonds is 5. The van der Waals surface area contributed by atoms with E-state index in [9.17, 15) is 13.2 Å². The second-order valence-electron chi connectivity index (χ2n) is 3.11. The lowest BCUT2D eigenvalue weighted by Gasteiger charge is -2.06. The van der Waals surface area contributed by atoms with E-state index in [2.05, 4.69) is 15.5 Å². The summed E-state index contributed by atoms with van der Waals surface area (Å²) in [6.45, 7) is 0.481. The van der Waals surface area contributed by atoms with Gasteiger partial charge in [0.25, 0.3) is 0 Å². The van der Waals surface area contributed by atoms with Crippen molar-refractivity contribution in [3.05, 3.63) is 18.3 Å². The Morgan fingerprint density at radius 3 is 2.67 bits per heavy atom. The van der Waals surface area contributed by atoms with Crippen LogP contribution in [0, 0.1) is 0 Å². The Kier molecular flexibility index (Phi) is 4.33. The van der Waals surface area contributed by atoms with Crippen molar-refractivity contribution < 1.29 is 13.2 Å². The molecular weight excluding hydrogens is 207 g/mol. The maximum absolute atomic E-state index is 11.8. The van der Waals surface area contributed by atoms with Crippen molar-refractivity contribution >= 4 is 5.82 Å². The molecule has 1 aromatic heterocycles. The van der Waals surface area contributed by atoms with Gasteiger partial charge in [0.15, 0.2) is 0 Å². The zero-order valence-electron chi connectivity index (χ0n) is 8.09. The monoisotopic (exact) mass is 219 g/mol. The molecule has 0 aromatic carbocycles. The molecule has 0 aliphatic heterocycles. The zero-order valence-corrected chi connectivity index (χ0v) is 8.09. The number of nitrogens with one attached hydrogen (secondary N) is 1. The Morgan fingerprint density at radius 2 is 2.07 bits per heavy atom. The number of nitrogens with zero attached hydrogens (tertiary/aromatic N) is 2. The maximum atomic E-state index is 11.8. The minimum Gasteiger partial charge on any atom is -0.369 e. The third kappa shape index (κ3) is 5.87. The van der Waals surface area contributed by atoms with Crippen LogP contribution >= 0.6 is 0 Å². The van der Waals surface area contributed by atoms with Gasteiger partial charge in [0.2, 0.25) is 0 Å². The van der Waals surface area contributed by atoms with Crippen LogP contribution < -0.4 is 5.32 Å². The Bertz CT molecular complexity index is 274. The van der Waals surface area contributed by atoms with Gasteiger partial charge in [-0.15, -0.1) is 5.10 Å². The number of aromatic nitrogens is 2.